The van der Waals surface area contributed by atoms with Crippen molar-refractivity contribution in [2.45, 2.75) is 0 Å². The molecule has 0 amide bonds. The molecular weight excluding hydrogens is 332 g/mol. The second-order valence-electron chi connectivity index (χ2n) is 2.77. The number of carbonyl (C=O) groups excluding carboxylic acids is 1. The standard InChI is InChI=1S/C9H6Br2O4/c1-13-9(12)6-4(10)2-5-8(7(6)11)15-3-14-5/h2H,3H2,1H3. The Balaban J connectivity index is 2.61. The van der Waals surface area contributed by atoms with Gasteiger partial charge in [0.1, 0.15) is 0 Å². The second kappa shape index (κ2) is 4.02. The molecule has 0 aliphatic carbocycles. The van der Waals surface area contributed by atoms with Gasteiger partial charge in [-0.3, -0.25) is 0 Å². The Morgan fingerprint density at radius 1 is 1.47 bits per heavy atom. The first-order valence-corrected chi connectivity index (χ1v) is 5.59. The van der Waals surface area contributed by atoms with Gasteiger partial charge in [-0.05, 0) is 37.9 Å². The van der Waals surface area contributed by atoms with E-state index in [0.29, 0.717) is 26.0 Å². The number of carbonyl (C=O) groups is 1. The molecule has 80 valence electrons. The normalized spacial score (nSPS) is 12.7. The number of ether oxygens (including phenoxy) is 3. The van der Waals surface area contributed by atoms with Gasteiger partial charge in [0.15, 0.2) is 11.5 Å². The Morgan fingerprint density at radius 2 is 2.20 bits per heavy atom. The fraction of sp³-hybridized carbons (Fsp3) is 0.222. The lowest BCUT2D eigenvalue weighted by atomic mass is 10.2. The molecule has 0 atom stereocenters. The number of benzene rings is 1. The maximum atomic E-state index is 11.5. The van der Waals surface area contributed by atoms with Crippen LogP contribution in [0.2, 0.25) is 0 Å². The van der Waals surface area contributed by atoms with Crippen LogP contribution >= 0.6 is 31.9 Å². The molecule has 1 aromatic carbocycles. The summed E-state index contributed by atoms with van der Waals surface area (Å²) in [5, 5.41) is 0. The smallest absolute Gasteiger partial charge is 0.340 e. The predicted octanol–water partition coefficient (Wildman–Crippen LogP) is 2.73. The molecule has 0 fully saturated rings. The van der Waals surface area contributed by atoms with E-state index in [4.69, 9.17) is 9.47 Å². The van der Waals surface area contributed by atoms with Crippen molar-refractivity contribution in [2.75, 3.05) is 13.9 Å². The van der Waals surface area contributed by atoms with Gasteiger partial charge in [0, 0.05) is 4.47 Å². The lowest BCUT2D eigenvalue weighted by molar-refractivity contribution is 0.0598. The van der Waals surface area contributed by atoms with E-state index in [9.17, 15) is 4.79 Å². The fourth-order valence-electron chi connectivity index (χ4n) is 1.26. The number of methoxy groups -OCH3 is 1. The average molecular weight is 338 g/mol. The van der Waals surface area contributed by atoms with Crippen molar-refractivity contribution >= 4 is 37.8 Å². The number of hydrogen-bond donors (Lipinski definition) is 0. The Labute approximate surface area is 103 Å². The molecule has 0 N–H and O–H groups in total. The molecule has 0 saturated carbocycles. The summed E-state index contributed by atoms with van der Waals surface area (Å²) >= 11 is 6.56. The monoisotopic (exact) mass is 336 g/mol. The van der Waals surface area contributed by atoms with E-state index in [-0.39, 0.29) is 6.79 Å². The second-order valence-corrected chi connectivity index (χ2v) is 4.42. The summed E-state index contributed by atoms with van der Waals surface area (Å²) in [6.45, 7) is 0.158. The first-order chi connectivity index (χ1) is 7.15. The van der Waals surface area contributed by atoms with Crippen LogP contribution in [0.5, 0.6) is 11.5 Å². The molecule has 1 aromatic rings. The highest BCUT2D eigenvalue weighted by Crippen LogP contribution is 2.44. The van der Waals surface area contributed by atoms with Crippen LogP contribution in [0.3, 0.4) is 0 Å². The molecule has 0 bridgehead atoms. The zero-order valence-corrected chi connectivity index (χ0v) is 10.8. The minimum atomic E-state index is -0.438. The summed E-state index contributed by atoms with van der Waals surface area (Å²) in [4.78, 5) is 11.5. The van der Waals surface area contributed by atoms with Crippen molar-refractivity contribution < 1.29 is 19.0 Å². The van der Waals surface area contributed by atoms with Crippen molar-refractivity contribution in [1.82, 2.24) is 0 Å². The Hall–Kier alpha value is -0.750. The number of rotatable bonds is 1. The maximum absolute atomic E-state index is 11.5. The summed E-state index contributed by atoms with van der Waals surface area (Å²) in [6.07, 6.45) is 0. The molecule has 15 heavy (non-hydrogen) atoms. The van der Waals surface area contributed by atoms with Crippen LogP contribution in [0.15, 0.2) is 15.0 Å². The number of fused-ring (bicyclic) bond motifs is 1. The molecular formula is C9H6Br2O4. The summed E-state index contributed by atoms with van der Waals surface area (Å²) < 4.78 is 16.2. The molecule has 0 unspecified atom stereocenters. The van der Waals surface area contributed by atoms with Crippen molar-refractivity contribution in [1.29, 1.82) is 0 Å². The topological polar surface area (TPSA) is 44.8 Å². The maximum Gasteiger partial charge on any atom is 0.340 e. The van der Waals surface area contributed by atoms with E-state index in [1.807, 2.05) is 0 Å². The minimum absolute atomic E-state index is 0.158. The summed E-state index contributed by atoms with van der Waals surface area (Å²) in [5.74, 6) is 0.687. The molecule has 1 heterocycles. The van der Waals surface area contributed by atoms with E-state index < -0.39 is 5.97 Å². The van der Waals surface area contributed by atoms with Crippen LogP contribution in [-0.2, 0) is 4.74 Å². The van der Waals surface area contributed by atoms with Crippen molar-refractivity contribution in [3.63, 3.8) is 0 Å². The summed E-state index contributed by atoms with van der Waals surface area (Å²) in [6, 6.07) is 1.68. The van der Waals surface area contributed by atoms with E-state index in [1.165, 1.54) is 7.11 Å². The lowest BCUT2D eigenvalue weighted by Crippen LogP contribution is -2.04. The largest absolute Gasteiger partial charge is 0.465 e. The van der Waals surface area contributed by atoms with Crippen LogP contribution in [0.25, 0.3) is 0 Å². The van der Waals surface area contributed by atoms with Crippen molar-refractivity contribution in [3.05, 3.63) is 20.6 Å². The van der Waals surface area contributed by atoms with Gasteiger partial charge in [0.05, 0.1) is 17.1 Å². The van der Waals surface area contributed by atoms with Gasteiger partial charge in [0.2, 0.25) is 6.79 Å². The third-order valence-electron chi connectivity index (χ3n) is 1.95. The van der Waals surface area contributed by atoms with E-state index >= 15 is 0 Å². The van der Waals surface area contributed by atoms with Gasteiger partial charge in [-0.15, -0.1) is 0 Å². The zero-order valence-electron chi connectivity index (χ0n) is 7.67. The van der Waals surface area contributed by atoms with Gasteiger partial charge >= 0.3 is 5.97 Å². The summed E-state index contributed by atoms with van der Waals surface area (Å²) in [7, 11) is 1.33. The Bertz CT molecular complexity index is 431. The average Bonchev–Trinajstić information content (AvgIpc) is 2.65. The zero-order chi connectivity index (χ0) is 11.0. The molecule has 0 aromatic heterocycles. The van der Waals surface area contributed by atoms with Crippen molar-refractivity contribution in [2.24, 2.45) is 0 Å². The van der Waals surface area contributed by atoms with E-state index in [1.54, 1.807) is 6.07 Å². The number of halogens is 2. The molecule has 6 heteroatoms. The van der Waals surface area contributed by atoms with Gasteiger partial charge in [-0.25, -0.2) is 4.79 Å². The first-order valence-electron chi connectivity index (χ1n) is 4.01. The van der Waals surface area contributed by atoms with E-state index in [2.05, 4.69) is 36.6 Å². The lowest BCUT2D eigenvalue weighted by Gasteiger charge is -2.07. The highest BCUT2D eigenvalue weighted by molar-refractivity contribution is 9.11. The van der Waals surface area contributed by atoms with Crippen LogP contribution in [0, 0.1) is 0 Å². The van der Waals surface area contributed by atoms with Crippen LogP contribution in [-0.4, -0.2) is 19.9 Å². The molecule has 0 spiro atoms. The highest BCUT2D eigenvalue weighted by Gasteiger charge is 2.25. The van der Waals surface area contributed by atoms with E-state index in [0.717, 1.165) is 0 Å². The van der Waals surface area contributed by atoms with Gasteiger partial charge in [0.25, 0.3) is 0 Å². The molecule has 0 saturated heterocycles. The Morgan fingerprint density at radius 3 is 2.87 bits per heavy atom. The van der Waals surface area contributed by atoms with Gasteiger partial charge < -0.3 is 14.2 Å². The molecule has 0 radical (unpaired) electrons. The quantitative estimate of drug-likeness (QED) is 0.739. The fourth-order valence-corrected chi connectivity index (χ4v) is 2.78. The number of hydrogen-bond acceptors (Lipinski definition) is 4. The third kappa shape index (κ3) is 1.72. The summed E-state index contributed by atoms with van der Waals surface area (Å²) in [5.41, 5.74) is 0.391. The third-order valence-corrected chi connectivity index (χ3v) is 3.33. The van der Waals surface area contributed by atoms with Crippen LogP contribution in [0.1, 0.15) is 10.4 Å². The Kier molecular flexibility index (Phi) is 2.88. The molecule has 4 nitrogen and oxygen atoms in total. The van der Waals surface area contributed by atoms with Gasteiger partial charge in [-0.2, -0.15) is 0 Å². The van der Waals surface area contributed by atoms with Crippen LogP contribution in [0.4, 0.5) is 0 Å². The first kappa shape index (κ1) is 10.8. The van der Waals surface area contributed by atoms with Crippen molar-refractivity contribution in [3.8, 4) is 11.5 Å². The molecule has 2 rings (SSSR count). The highest BCUT2D eigenvalue weighted by atomic mass is 79.9. The SMILES string of the molecule is COC(=O)c1c(Br)cc2c(c1Br)OCO2. The molecule has 1 aliphatic rings. The van der Waals surface area contributed by atoms with Gasteiger partial charge in [-0.1, -0.05) is 0 Å². The van der Waals surface area contributed by atoms with Crippen LogP contribution < -0.4 is 9.47 Å². The minimum Gasteiger partial charge on any atom is -0.465 e. The number of esters is 1. The molecule has 1 aliphatic heterocycles. The predicted molar refractivity (Wildman–Crippen MR) is 59.3 cm³/mol.